The van der Waals surface area contributed by atoms with Crippen molar-refractivity contribution in [3.8, 4) is 11.4 Å². The van der Waals surface area contributed by atoms with Gasteiger partial charge in [0.15, 0.2) is 11.5 Å². The molecule has 154 valence electrons. The Morgan fingerprint density at radius 1 is 1.34 bits per heavy atom. The van der Waals surface area contributed by atoms with Crippen molar-refractivity contribution in [1.82, 2.24) is 19.8 Å². The van der Waals surface area contributed by atoms with Crippen LogP contribution in [0.1, 0.15) is 39.8 Å². The SMILES string of the molecule is COC(=O)CC(C)C(=O)Nc1cccc(-c2nc3c(Cl)c(C(C)(C)C)[nH]n3n2)c1. The van der Waals surface area contributed by atoms with Gasteiger partial charge in [-0.3, -0.25) is 14.7 Å². The van der Waals surface area contributed by atoms with Crippen LogP contribution < -0.4 is 5.32 Å². The molecule has 0 fully saturated rings. The molecule has 0 aliphatic rings. The van der Waals surface area contributed by atoms with Crippen molar-refractivity contribution in [3.05, 3.63) is 35.0 Å². The number of aromatic nitrogens is 4. The van der Waals surface area contributed by atoms with Crippen molar-refractivity contribution in [2.75, 3.05) is 12.4 Å². The lowest BCUT2D eigenvalue weighted by atomic mass is 9.92. The molecule has 3 rings (SSSR count). The van der Waals surface area contributed by atoms with Crippen LogP contribution in [0.2, 0.25) is 5.02 Å². The number of halogens is 1. The first-order chi connectivity index (χ1) is 13.6. The van der Waals surface area contributed by atoms with E-state index < -0.39 is 11.9 Å². The highest BCUT2D eigenvalue weighted by molar-refractivity contribution is 6.34. The Hall–Kier alpha value is -2.87. The summed E-state index contributed by atoms with van der Waals surface area (Å²) in [4.78, 5) is 28.2. The molecule has 0 aliphatic carbocycles. The Bertz CT molecular complexity index is 1060. The molecular formula is C20H24ClN5O3. The van der Waals surface area contributed by atoms with Crippen LogP contribution in [0, 0.1) is 5.92 Å². The number of H-pyrrole nitrogens is 1. The molecule has 0 aliphatic heterocycles. The molecule has 1 unspecified atom stereocenters. The maximum absolute atomic E-state index is 12.3. The molecule has 8 nitrogen and oxygen atoms in total. The highest BCUT2D eigenvalue weighted by atomic mass is 35.5. The van der Waals surface area contributed by atoms with Gasteiger partial charge in [0.05, 0.1) is 19.2 Å². The summed E-state index contributed by atoms with van der Waals surface area (Å²) in [5, 5.41) is 11.0. The van der Waals surface area contributed by atoms with Gasteiger partial charge in [0, 0.05) is 22.6 Å². The Kier molecular flexibility index (Phi) is 5.66. The summed E-state index contributed by atoms with van der Waals surface area (Å²) in [6.45, 7) is 7.83. The maximum atomic E-state index is 12.3. The standard InChI is InChI=1S/C20H24ClN5O3/c1-11(9-14(27)29-5)19(28)22-13-8-6-7-12(10-13)17-23-18-15(21)16(20(2,3)4)24-26(18)25-17/h6-8,10-11,24H,9H2,1-5H3,(H,22,28). The van der Waals surface area contributed by atoms with Crippen LogP contribution >= 0.6 is 11.6 Å². The van der Waals surface area contributed by atoms with Crippen molar-refractivity contribution in [2.45, 2.75) is 39.5 Å². The highest BCUT2D eigenvalue weighted by Crippen LogP contribution is 2.32. The van der Waals surface area contributed by atoms with Crippen LogP contribution in [0.5, 0.6) is 0 Å². The molecular weight excluding hydrogens is 394 g/mol. The summed E-state index contributed by atoms with van der Waals surface area (Å²) in [5.74, 6) is -0.720. The maximum Gasteiger partial charge on any atom is 0.306 e. The molecule has 3 aromatic rings. The number of nitrogens with one attached hydrogen (secondary N) is 2. The Morgan fingerprint density at radius 3 is 2.69 bits per heavy atom. The van der Waals surface area contributed by atoms with Crippen molar-refractivity contribution in [1.29, 1.82) is 0 Å². The number of nitrogens with zero attached hydrogens (tertiary/aromatic N) is 3. The van der Waals surface area contributed by atoms with Gasteiger partial charge >= 0.3 is 5.97 Å². The minimum atomic E-state index is -0.510. The fraction of sp³-hybridized carbons (Fsp3) is 0.400. The van der Waals surface area contributed by atoms with E-state index in [1.807, 2.05) is 6.07 Å². The molecule has 0 bridgehead atoms. The summed E-state index contributed by atoms with van der Waals surface area (Å²) in [6, 6.07) is 7.18. The van der Waals surface area contributed by atoms with Crippen molar-refractivity contribution in [2.24, 2.45) is 5.92 Å². The number of rotatable bonds is 5. The lowest BCUT2D eigenvalue weighted by Crippen LogP contribution is -2.23. The zero-order valence-corrected chi connectivity index (χ0v) is 17.8. The molecule has 2 aromatic heterocycles. The van der Waals surface area contributed by atoms with Crippen LogP contribution in [0.4, 0.5) is 5.69 Å². The van der Waals surface area contributed by atoms with E-state index in [0.717, 1.165) is 11.3 Å². The number of ether oxygens (including phenoxy) is 1. The molecule has 2 heterocycles. The summed E-state index contributed by atoms with van der Waals surface area (Å²) in [6.07, 6.45) is 0.0178. The zero-order chi connectivity index (χ0) is 21.3. The number of methoxy groups -OCH3 is 1. The zero-order valence-electron chi connectivity index (χ0n) is 17.0. The van der Waals surface area contributed by atoms with E-state index in [9.17, 15) is 9.59 Å². The van der Waals surface area contributed by atoms with Gasteiger partial charge in [0.2, 0.25) is 5.91 Å². The minimum absolute atomic E-state index is 0.0178. The fourth-order valence-corrected chi connectivity index (χ4v) is 3.29. The van der Waals surface area contributed by atoms with E-state index in [0.29, 0.717) is 22.2 Å². The van der Waals surface area contributed by atoms with Crippen molar-refractivity contribution >= 4 is 34.8 Å². The number of esters is 1. The van der Waals surface area contributed by atoms with Gasteiger partial charge in [-0.25, -0.2) is 4.98 Å². The molecule has 0 saturated carbocycles. The van der Waals surface area contributed by atoms with Crippen molar-refractivity contribution in [3.63, 3.8) is 0 Å². The van der Waals surface area contributed by atoms with Crippen LogP contribution in [-0.2, 0) is 19.7 Å². The lowest BCUT2D eigenvalue weighted by molar-refractivity contribution is -0.143. The quantitative estimate of drug-likeness (QED) is 0.614. The average Bonchev–Trinajstić information content (AvgIpc) is 3.21. The van der Waals surface area contributed by atoms with E-state index in [1.165, 1.54) is 7.11 Å². The van der Waals surface area contributed by atoms with Crippen LogP contribution in [0.3, 0.4) is 0 Å². The first-order valence-electron chi connectivity index (χ1n) is 9.23. The van der Waals surface area contributed by atoms with Crippen LogP contribution in [-0.4, -0.2) is 38.8 Å². The van der Waals surface area contributed by atoms with Gasteiger partial charge in [-0.05, 0) is 12.1 Å². The Morgan fingerprint density at radius 2 is 2.07 bits per heavy atom. The topological polar surface area (TPSA) is 101 Å². The molecule has 1 atom stereocenters. The minimum Gasteiger partial charge on any atom is -0.469 e. The monoisotopic (exact) mass is 417 g/mol. The average molecular weight is 418 g/mol. The van der Waals surface area contributed by atoms with Gasteiger partial charge in [0.25, 0.3) is 0 Å². The third kappa shape index (κ3) is 4.42. The second-order valence-corrected chi connectivity index (χ2v) is 8.35. The van der Waals surface area contributed by atoms with Gasteiger partial charge in [-0.15, -0.1) is 5.10 Å². The summed E-state index contributed by atoms with van der Waals surface area (Å²) in [5.41, 5.74) is 2.57. The normalized spacial score (nSPS) is 12.8. The van der Waals surface area contributed by atoms with E-state index in [2.05, 4.69) is 46.0 Å². The van der Waals surface area contributed by atoms with E-state index in [-0.39, 0.29) is 17.7 Å². The van der Waals surface area contributed by atoms with Gasteiger partial charge in [-0.1, -0.05) is 51.4 Å². The second-order valence-electron chi connectivity index (χ2n) is 7.97. The molecule has 29 heavy (non-hydrogen) atoms. The van der Waals surface area contributed by atoms with Crippen LogP contribution in [0.15, 0.2) is 24.3 Å². The molecule has 0 radical (unpaired) electrons. The third-order valence-electron chi connectivity index (χ3n) is 4.53. The Labute approximate surface area is 173 Å². The molecule has 0 spiro atoms. The predicted molar refractivity (Wildman–Crippen MR) is 111 cm³/mol. The number of amides is 1. The van der Waals surface area contributed by atoms with E-state index in [1.54, 1.807) is 29.8 Å². The lowest BCUT2D eigenvalue weighted by Gasteiger charge is -2.16. The number of aromatic amines is 1. The van der Waals surface area contributed by atoms with Crippen LogP contribution in [0.25, 0.3) is 17.0 Å². The van der Waals surface area contributed by atoms with E-state index >= 15 is 0 Å². The largest absolute Gasteiger partial charge is 0.469 e. The first kappa shape index (κ1) is 20.9. The summed E-state index contributed by atoms with van der Waals surface area (Å²) >= 11 is 6.48. The number of carbonyl (C=O) groups excluding carboxylic acids is 2. The van der Waals surface area contributed by atoms with Crippen molar-refractivity contribution < 1.29 is 14.3 Å². The third-order valence-corrected chi connectivity index (χ3v) is 4.89. The van der Waals surface area contributed by atoms with Gasteiger partial charge in [0.1, 0.15) is 5.02 Å². The Balaban J connectivity index is 1.82. The number of carbonyl (C=O) groups is 2. The number of anilines is 1. The first-order valence-corrected chi connectivity index (χ1v) is 9.60. The van der Waals surface area contributed by atoms with Gasteiger partial charge in [-0.2, -0.15) is 4.63 Å². The smallest absolute Gasteiger partial charge is 0.306 e. The van der Waals surface area contributed by atoms with Gasteiger partial charge < -0.3 is 10.1 Å². The predicted octanol–water partition coefficient (Wildman–Crippen LogP) is 3.81. The summed E-state index contributed by atoms with van der Waals surface area (Å²) in [7, 11) is 1.30. The number of hydrogen-bond donors (Lipinski definition) is 2. The molecule has 2 N–H and O–H groups in total. The number of fused-ring (bicyclic) bond motifs is 1. The molecule has 0 saturated heterocycles. The van der Waals surface area contributed by atoms with E-state index in [4.69, 9.17) is 11.6 Å². The molecule has 1 amide bonds. The molecule has 9 heteroatoms. The number of hydrogen-bond acceptors (Lipinski definition) is 5. The fourth-order valence-electron chi connectivity index (χ4n) is 2.85. The second kappa shape index (κ2) is 7.87. The number of benzene rings is 1. The highest BCUT2D eigenvalue weighted by Gasteiger charge is 2.24. The summed E-state index contributed by atoms with van der Waals surface area (Å²) < 4.78 is 6.16. The molecule has 1 aromatic carbocycles.